The molecule has 11 heteroatoms. The van der Waals surface area contributed by atoms with Gasteiger partial charge in [-0.3, -0.25) is 19.3 Å². The van der Waals surface area contributed by atoms with E-state index in [2.05, 4.69) is 15.2 Å². The molecule has 0 saturated heterocycles. The van der Waals surface area contributed by atoms with Gasteiger partial charge in [0, 0.05) is 38.2 Å². The first-order valence-electron chi connectivity index (χ1n) is 11.1. The largest absolute Gasteiger partial charge is 0.383 e. The average Bonchev–Trinajstić information content (AvgIpc) is 3.49. The van der Waals surface area contributed by atoms with Crippen molar-refractivity contribution in [2.45, 2.75) is 13.5 Å². The molecule has 0 spiro atoms. The molecule has 0 atom stereocenters. The van der Waals surface area contributed by atoms with E-state index >= 15 is 0 Å². The fraction of sp³-hybridized carbons (Fsp3) is 0.160. The normalized spacial score (nSPS) is 11.2. The standard InChI is InChI=1S/C25H23FN8O2/c1-15(35)32(3)34(14-17-10-11-33(30-17)22-7-5-4-6-20(22)26)25(36)16-8-9-21-18(12-16)23-19(24(27)29-21)13-28-31(23)2/h4-13H,14H2,1-3H3,(H2,27,29). The summed E-state index contributed by atoms with van der Waals surface area (Å²) in [5.41, 5.74) is 8.55. The maximum Gasteiger partial charge on any atom is 0.272 e. The number of pyridine rings is 1. The van der Waals surface area contributed by atoms with Gasteiger partial charge in [0.05, 0.1) is 34.9 Å². The molecule has 0 saturated carbocycles. The predicted molar refractivity (Wildman–Crippen MR) is 132 cm³/mol. The van der Waals surface area contributed by atoms with Gasteiger partial charge in [0.1, 0.15) is 17.3 Å². The second-order valence-corrected chi connectivity index (χ2v) is 8.37. The predicted octanol–water partition coefficient (Wildman–Crippen LogP) is 3.06. The van der Waals surface area contributed by atoms with Crippen molar-refractivity contribution in [1.82, 2.24) is 34.6 Å². The van der Waals surface area contributed by atoms with Crippen LogP contribution in [0.1, 0.15) is 23.0 Å². The molecule has 2 N–H and O–H groups in total. The summed E-state index contributed by atoms with van der Waals surface area (Å²) in [6.07, 6.45) is 3.24. The van der Waals surface area contributed by atoms with Gasteiger partial charge in [-0.2, -0.15) is 10.2 Å². The molecule has 0 bridgehead atoms. The molecule has 3 heterocycles. The van der Waals surface area contributed by atoms with Crippen molar-refractivity contribution in [3.63, 3.8) is 0 Å². The highest BCUT2D eigenvalue weighted by Gasteiger charge is 2.24. The van der Waals surface area contributed by atoms with Gasteiger partial charge < -0.3 is 5.73 Å². The minimum absolute atomic E-state index is 0.00445. The van der Waals surface area contributed by atoms with Crippen LogP contribution in [0.2, 0.25) is 0 Å². The summed E-state index contributed by atoms with van der Waals surface area (Å²) in [6.45, 7) is 1.36. The summed E-state index contributed by atoms with van der Waals surface area (Å²) in [5.74, 6) is -0.816. The minimum Gasteiger partial charge on any atom is -0.383 e. The number of carbonyl (C=O) groups excluding carboxylic acids is 2. The van der Waals surface area contributed by atoms with Gasteiger partial charge >= 0.3 is 0 Å². The van der Waals surface area contributed by atoms with Crippen molar-refractivity contribution in [1.29, 1.82) is 0 Å². The van der Waals surface area contributed by atoms with Crippen molar-refractivity contribution in [3.8, 4) is 5.69 Å². The maximum absolute atomic E-state index is 14.2. The molecule has 2 aromatic carbocycles. The summed E-state index contributed by atoms with van der Waals surface area (Å²) < 4.78 is 17.3. The van der Waals surface area contributed by atoms with E-state index in [4.69, 9.17) is 5.73 Å². The number of hydrogen-bond donors (Lipinski definition) is 1. The van der Waals surface area contributed by atoms with Crippen LogP contribution in [0.3, 0.4) is 0 Å². The van der Waals surface area contributed by atoms with E-state index in [1.54, 1.807) is 66.6 Å². The lowest BCUT2D eigenvalue weighted by Gasteiger charge is -2.30. The van der Waals surface area contributed by atoms with Crippen LogP contribution in [0.5, 0.6) is 0 Å². The number of amides is 2. The number of carbonyl (C=O) groups is 2. The molecule has 0 aliphatic carbocycles. The number of benzene rings is 2. The first-order chi connectivity index (χ1) is 17.2. The number of nitrogen functional groups attached to an aromatic ring is 1. The molecule has 0 fully saturated rings. The molecule has 2 amide bonds. The van der Waals surface area contributed by atoms with Crippen LogP contribution in [0, 0.1) is 5.82 Å². The molecule has 5 rings (SSSR count). The van der Waals surface area contributed by atoms with Crippen molar-refractivity contribution < 1.29 is 14.0 Å². The van der Waals surface area contributed by atoms with Gasteiger partial charge in [-0.05, 0) is 36.4 Å². The number of nitrogens with two attached hydrogens (primary N) is 1. The summed E-state index contributed by atoms with van der Waals surface area (Å²) in [6, 6.07) is 13.0. The minimum atomic E-state index is -0.423. The Bertz CT molecular complexity index is 1640. The zero-order valence-corrected chi connectivity index (χ0v) is 19.9. The molecule has 182 valence electrons. The van der Waals surface area contributed by atoms with Crippen molar-refractivity contribution in [2.75, 3.05) is 12.8 Å². The van der Waals surface area contributed by atoms with Crippen molar-refractivity contribution in [2.24, 2.45) is 7.05 Å². The zero-order chi connectivity index (χ0) is 25.6. The van der Waals surface area contributed by atoms with Gasteiger partial charge in [0.25, 0.3) is 5.91 Å². The van der Waals surface area contributed by atoms with Crippen LogP contribution in [-0.4, -0.2) is 53.4 Å². The Kier molecular flexibility index (Phi) is 5.59. The molecular formula is C25H23FN8O2. The first kappa shape index (κ1) is 23.0. The van der Waals surface area contributed by atoms with Crippen LogP contribution in [0.15, 0.2) is 60.9 Å². The number of aryl methyl sites for hydroxylation is 1. The maximum atomic E-state index is 14.2. The van der Waals surface area contributed by atoms with Gasteiger partial charge in [0.15, 0.2) is 0 Å². The van der Waals surface area contributed by atoms with Crippen LogP contribution in [0.4, 0.5) is 10.2 Å². The number of hydrogen-bond acceptors (Lipinski definition) is 6. The van der Waals surface area contributed by atoms with Gasteiger partial charge in [-0.1, -0.05) is 12.1 Å². The Labute approximate surface area is 205 Å². The molecule has 10 nitrogen and oxygen atoms in total. The monoisotopic (exact) mass is 486 g/mol. The Morgan fingerprint density at radius 3 is 2.64 bits per heavy atom. The number of para-hydroxylation sites is 1. The van der Waals surface area contributed by atoms with E-state index in [9.17, 15) is 14.0 Å². The lowest BCUT2D eigenvalue weighted by Crippen LogP contribution is -2.46. The van der Waals surface area contributed by atoms with Crippen LogP contribution < -0.4 is 5.73 Å². The number of rotatable bonds is 4. The van der Waals surface area contributed by atoms with Crippen molar-refractivity contribution in [3.05, 3.63) is 78.0 Å². The quantitative estimate of drug-likeness (QED) is 0.391. The summed E-state index contributed by atoms with van der Waals surface area (Å²) in [5, 5.41) is 12.6. The Hall–Kier alpha value is -4.80. The fourth-order valence-electron chi connectivity index (χ4n) is 4.09. The summed E-state index contributed by atoms with van der Waals surface area (Å²) in [4.78, 5) is 30.3. The summed E-state index contributed by atoms with van der Waals surface area (Å²) in [7, 11) is 3.30. The van der Waals surface area contributed by atoms with Gasteiger partial charge in [0.2, 0.25) is 5.91 Å². The van der Waals surface area contributed by atoms with Crippen LogP contribution in [0.25, 0.3) is 27.5 Å². The highest BCUT2D eigenvalue weighted by molar-refractivity contribution is 6.10. The third kappa shape index (κ3) is 3.90. The van der Waals surface area contributed by atoms with Gasteiger partial charge in [-0.15, -0.1) is 0 Å². The van der Waals surface area contributed by atoms with Crippen LogP contribution in [-0.2, 0) is 18.4 Å². The number of fused-ring (bicyclic) bond motifs is 3. The second-order valence-electron chi connectivity index (χ2n) is 8.37. The Balaban J connectivity index is 1.53. The molecule has 3 aromatic heterocycles. The number of anilines is 1. The fourth-order valence-corrected chi connectivity index (χ4v) is 4.09. The van der Waals surface area contributed by atoms with Crippen molar-refractivity contribution >= 4 is 39.4 Å². The van der Waals surface area contributed by atoms with E-state index in [0.717, 1.165) is 5.52 Å². The molecular weight excluding hydrogens is 463 g/mol. The highest BCUT2D eigenvalue weighted by Crippen LogP contribution is 2.28. The number of aromatic nitrogens is 5. The lowest BCUT2D eigenvalue weighted by molar-refractivity contribution is -0.140. The zero-order valence-electron chi connectivity index (χ0n) is 19.9. The average molecular weight is 487 g/mol. The van der Waals surface area contributed by atoms with E-state index in [-0.39, 0.29) is 18.1 Å². The smallest absolute Gasteiger partial charge is 0.272 e. The van der Waals surface area contributed by atoms with E-state index in [1.165, 1.54) is 34.7 Å². The second kappa shape index (κ2) is 8.77. The van der Waals surface area contributed by atoms with Gasteiger partial charge in [-0.25, -0.2) is 19.1 Å². The number of halogens is 1. The third-order valence-corrected chi connectivity index (χ3v) is 6.06. The lowest BCUT2D eigenvalue weighted by atomic mass is 10.1. The summed E-state index contributed by atoms with van der Waals surface area (Å²) >= 11 is 0. The molecule has 0 aliphatic heterocycles. The SMILES string of the molecule is CC(=O)N(C)N(Cc1ccn(-c2ccccc2F)n1)C(=O)c1ccc2nc(N)c3cnn(C)c3c2c1. The molecule has 0 radical (unpaired) electrons. The highest BCUT2D eigenvalue weighted by atomic mass is 19.1. The number of hydrazine groups is 1. The molecule has 5 aromatic rings. The van der Waals surface area contributed by atoms with Crippen LogP contribution >= 0.6 is 0 Å². The Morgan fingerprint density at radius 2 is 1.89 bits per heavy atom. The molecule has 0 unspecified atom stereocenters. The first-order valence-corrected chi connectivity index (χ1v) is 11.1. The number of nitrogens with zero attached hydrogens (tertiary/aromatic N) is 7. The third-order valence-electron chi connectivity index (χ3n) is 6.06. The van der Waals surface area contributed by atoms with E-state index in [0.29, 0.717) is 33.4 Å². The van der Waals surface area contributed by atoms with E-state index in [1.807, 2.05) is 0 Å². The van der Waals surface area contributed by atoms with E-state index < -0.39 is 11.7 Å². The molecule has 0 aliphatic rings. The topological polar surface area (TPSA) is 115 Å². The Morgan fingerprint density at radius 1 is 1.11 bits per heavy atom. The molecule has 36 heavy (non-hydrogen) atoms.